The fourth-order valence-corrected chi connectivity index (χ4v) is 2.49. The van der Waals surface area contributed by atoms with Crippen LogP contribution in [0.3, 0.4) is 0 Å². The van der Waals surface area contributed by atoms with Gasteiger partial charge in [-0.3, -0.25) is 0 Å². The zero-order valence-corrected chi connectivity index (χ0v) is 12.3. The van der Waals surface area contributed by atoms with Crippen LogP contribution in [0, 0.1) is 5.92 Å². The lowest BCUT2D eigenvalue weighted by molar-refractivity contribution is 0.104. The second kappa shape index (κ2) is 8.25. The molecule has 1 atom stereocenters. The topological polar surface area (TPSA) is 44.7 Å². The summed E-state index contributed by atoms with van der Waals surface area (Å²) in [7, 11) is 2.17. The zero-order chi connectivity index (χ0) is 14.2. The number of hydrogen-bond donors (Lipinski definition) is 2. The molecule has 1 unspecified atom stereocenters. The molecule has 0 amide bonds. The molecule has 1 aromatic carbocycles. The van der Waals surface area contributed by atoms with E-state index < -0.39 is 6.10 Å². The van der Waals surface area contributed by atoms with Gasteiger partial charge in [-0.25, -0.2) is 0 Å². The van der Waals surface area contributed by atoms with Gasteiger partial charge < -0.3 is 20.1 Å². The van der Waals surface area contributed by atoms with Gasteiger partial charge in [0.25, 0.3) is 0 Å². The SMILES string of the molecule is CN1CCC(CNCC(O)COc2ccccc2)CC1. The molecule has 4 heteroatoms. The molecule has 1 aliphatic heterocycles. The van der Waals surface area contributed by atoms with Gasteiger partial charge in [0.1, 0.15) is 18.5 Å². The van der Waals surface area contributed by atoms with Crippen molar-refractivity contribution in [2.75, 3.05) is 39.8 Å². The maximum Gasteiger partial charge on any atom is 0.119 e. The Labute approximate surface area is 121 Å². The first-order chi connectivity index (χ1) is 9.74. The summed E-state index contributed by atoms with van der Waals surface area (Å²) in [5.74, 6) is 1.55. The Morgan fingerprint density at radius 1 is 1.30 bits per heavy atom. The third kappa shape index (κ3) is 5.49. The molecule has 0 spiro atoms. The van der Waals surface area contributed by atoms with E-state index in [2.05, 4.69) is 17.3 Å². The molecule has 2 N–H and O–H groups in total. The lowest BCUT2D eigenvalue weighted by Gasteiger charge is -2.29. The predicted molar refractivity (Wildman–Crippen MR) is 81.0 cm³/mol. The standard InChI is InChI=1S/C16H26N2O2/c1-18-9-7-14(8-10-18)11-17-12-15(19)13-20-16-5-3-2-4-6-16/h2-6,14-15,17,19H,7-13H2,1H3. The Kier molecular flexibility index (Phi) is 6.30. The Morgan fingerprint density at radius 2 is 2.00 bits per heavy atom. The highest BCUT2D eigenvalue weighted by Gasteiger charge is 2.16. The van der Waals surface area contributed by atoms with E-state index in [-0.39, 0.29) is 0 Å². The molecular formula is C16H26N2O2. The Hall–Kier alpha value is -1.10. The van der Waals surface area contributed by atoms with Crippen LogP contribution in [-0.4, -0.2) is 55.9 Å². The normalized spacial score (nSPS) is 18.9. The quantitative estimate of drug-likeness (QED) is 0.790. The number of hydrogen-bond acceptors (Lipinski definition) is 4. The van der Waals surface area contributed by atoms with Gasteiger partial charge in [0.2, 0.25) is 0 Å². The molecule has 0 aliphatic carbocycles. The number of benzene rings is 1. The van der Waals surface area contributed by atoms with Crippen LogP contribution in [0.15, 0.2) is 30.3 Å². The highest BCUT2D eigenvalue weighted by atomic mass is 16.5. The van der Waals surface area contributed by atoms with Gasteiger partial charge in [-0.05, 0) is 57.6 Å². The first kappa shape index (κ1) is 15.3. The zero-order valence-electron chi connectivity index (χ0n) is 12.3. The van der Waals surface area contributed by atoms with E-state index in [0.717, 1.165) is 18.2 Å². The summed E-state index contributed by atoms with van der Waals surface area (Å²) in [6.07, 6.45) is 2.04. The predicted octanol–water partition coefficient (Wildman–Crippen LogP) is 1.36. The average molecular weight is 278 g/mol. The number of nitrogens with one attached hydrogen (secondary N) is 1. The highest BCUT2D eigenvalue weighted by Crippen LogP contribution is 2.14. The number of rotatable bonds is 7. The van der Waals surface area contributed by atoms with Gasteiger partial charge in [-0.2, -0.15) is 0 Å². The van der Waals surface area contributed by atoms with Crippen molar-refractivity contribution in [1.82, 2.24) is 10.2 Å². The molecule has 0 radical (unpaired) electrons. The number of nitrogens with zero attached hydrogens (tertiary/aromatic N) is 1. The van der Waals surface area contributed by atoms with Crippen molar-refractivity contribution in [2.45, 2.75) is 18.9 Å². The van der Waals surface area contributed by atoms with Crippen LogP contribution >= 0.6 is 0 Å². The lowest BCUT2D eigenvalue weighted by atomic mass is 9.97. The van der Waals surface area contributed by atoms with E-state index in [4.69, 9.17) is 4.74 Å². The van der Waals surface area contributed by atoms with Gasteiger partial charge in [0.05, 0.1) is 0 Å². The summed E-state index contributed by atoms with van der Waals surface area (Å²) >= 11 is 0. The summed E-state index contributed by atoms with van der Waals surface area (Å²) in [4.78, 5) is 2.37. The minimum Gasteiger partial charge on any atom is -0.491 e. The van der Waals surface area contributed by atoms with Crippen LogP contribution in [0.1, 0.15) is 12.8 Å². The third-order valence-corrected chi connectivity index (χ3v) is 3.84. The smallest absolute Gasteiger partial charge is 0.119 e. The number of para-hydroxylation sites is 1. The largest absolute Gasteiger partial charge is 0.491 e. The fraction of sp³-hybridized carbons (Fsp3) is 0.625. The summed E-state index contributed by atoms with van der Waals surface area (Å²) < 4.78 is 5.53. The van der Waals surface area contributed by atoms with Gasteiger partial charge in [0, 0.05) is 6.54 Å². The molecule has 4 nitrogen and oxygen atoms in total. The molecule has 0 saturated carbocycles. The Bertz CT molecular complexity index is 364. The first-order valence-corrected chi connectivity index (χ1v) is 7.49. The monoisotopic (exact) mass is 278 g/mol. The minimum absolute atomic E-state index is 0.338. The van der Waals surface area contributed by atoms with Crippen molar-refractivity contribution in [1.29, 1.82) is 0 Å². The molecule has 20 heavy (non-hydrogen) atoms. The lowest BCUT2D eigenvalue weighted by Crippen LogP contribution is -2.38. The van der Waals surface area contributed by atoms with E-state index in [1.54, 1.807) is 0 Å². The molecule has 1 aliphatic rings. The minimum atomic E-state index is -0.457. The van der Waals surface area contributed by atoms with E-state index in [9.17, 15) is 5.11 Å². The number of piperidine rings is 1. The molecule has 0 bridgehead atoms. The summed E-state index contributed by atoms with van der Waals surface area (Å²) in [6.45, 7) is 4.30. The van der Waals surface area contributed by atoms with Crippen molar-refractivity contribution in [2.24, 2.45) is 5.92 Å². The Balaban J connectivity index is 1.55. The van der Waals surface area contributed by atoms with Crippen LogP contribution in [0.2, 0.25) is 0 Å². The van der Waals surface area contributed by atoms with Crippen LogP contribution in [0.25, 0.3) is 0 Å². The van der Waals surface area contributed by atoms with Crippen LogP contribution in [0.4, 0.5) is 0 Å². The maximum atomic E-state index is 9.89. The molecular weight excluding hydrogens is 252 g/mol. The van der Waals surface area contributed by atoms with Gasteiger partial charge in [-0.1, -0.05) is 18.2 Å². The van der Waals surface area contributed by atoms with Gasteiger partial charge in [0.15, 0.2) is 0 Å². The van der Waals surface area contributed by atoms with Gasteiger partial charge in [-0.15, -0.1) is 0 Å². The molecule has 0 aromatic heterocycles. The van der Waals surface area contributed by atoms with Crippen molar-refractivity contribution in [3.63, 3.8) is 0 Å². The highest BCUT2D eigenvalue weighted by molar-refractivity contribution is 5.20. The summed E-state index contributed by atoms with van der Waals surface area (Å²) in [5, 5.41) is 13.2. The number of aliphatic hydroxyl groups is 1. The average Bonchev–Trinajstić information content (AvgIpc) is 2.48. The van der Waals surface area contributed by atoms with Crippen molar-refractivity contribution >= 4 is 0 Å². The van der Waals surface area contributed by atoms with Crippen molar-refractivity contribution in [3.05, 3.63) is 30.3 Å². The number of likely N-dealkylation sites (tertiary alicyclic amines) is 1. The molecule has 1 aromatic rings. The van der Waals surface area contributed by atoms with E-state index in [1.807, 2.05) is 30.3 Å². The molecule has 1 heterocycles. The molecule has 112 valence electrons. The maximum absolute atomic E-state index is 9.89. The Morgan fingerprint density at radius 3 is 2.70 bits per heavy atom. The van der Waals surface area contributed by atoms with Crippen molar-refractivity contribution < 1.29 is 9.84 Å². The number of aliphatic hydroxyl groups excluding tert-OH is 1. The van der Waals surface area contributed by atoms with E-state index in [1.165, 1.54) is 25.9 Å². The second-order valence-electron chi connectivity index (χ2n) is 5.68. The van der Waals surface area contributed by atoms with E-state index >= 15 is 0 Å². The van der Waals surface area contributed by atoms with Crippen molar-refractivity contribution in [3.8, 4) is 5.75 Å². The van der Waals surface area contributed by atoms with Gasteiger partial charge >= 0.3 is 0 Å². The second-order valence-corrected chi connectivity index (χ2v) is 5.68. The summed E-state index contributed by atoms with van der Waals surface area (Å²) in [5.41, 5.74) is 0. The molecule has 1 saturated heterocycles. The first-order valence-electron chi connectivity index (χ1n) is 7.49. The van der Waals surface area contributed by atoms with Crippen LogP contribution in [-0.2, 0) is 0 Å². The number of ether oxygens (including phenoxy) is 1. The fourth-order valence-electron chi connectivity index (χ4n) is 2.49. The van der Waals surface area contributed by atoms with Crippen LogP contribution < -0.4 is 10.1 Å². The van der Waals surface area contributed by atoms with E-state index in [0.29, 0.717) is 13.2 Å². The molecule has 2 rings (SSSR count). The third-order valence-electron chi connectivity index (χ3n) is 3.84. The molecule has 1 fully saturated rings. The summed E-state index contributed by atoms with van der Waals surface area (Å²) in [6, 6.07) is 9.61. The van der Waals surface area contributed by atoms with Crippen LogP contribution in [0.5, 0.6) is 5.75 Å².